The molecule has 0 heterocycles. The quantitative estimate of drug-likeness (QED) is 0.785. The highest BCUT2D eigenvalue weighted by atomic mass is 16.5. The Labute approximate surface area is 93.8 Å². The molecule has 0 aromatic heterocycles. The lowest BCUT2D eigenvalue weighted by atomic mass is 10.2. The van der Waals surface area contributed by atoms with Crippen LogP contribution in [0.25, 0.3) is 0 Å². The number of hydrogen-bond donors (Lipinski definition) is 2. The highest BCUT2D eigenvalue weighted by Crippen LogP contribution is 2.25. The molecule has 5 heteroatoms. The summed E-state index contributed by atoms with van der Waals surface area (Å²) in [6, 6.07) is 6.39. The number of rotatable bonds is 4. The van der Waals surface area contributed by atoms with E-state index in [1.54, 1.807) is 25.1 Å². The van der Waals surface area contributed by atoms with E-state index in [9.17, 15) is 4.79 Å². The third-order valence-corrected chi connectivity index (χ3v) is 2.13. The number of amides is 1. The molecule has 0 spiro atoms. The van der Waals surface area contributed by atoms with Crippen LogP contribution in [0.3, 0.4) is 0 Å². The lowest BCUT2D eigenvalue weighted by molar-refractivity contribution is -0.118. The van der Waals surface area contributed by atoms with Crippen molar-refractivity contribution in [2.45, 2.75) is 13.0 Å². The van der Waals surface area contributed by atoms with Gasteiger partial charge < -0.3 is 15.8 Å². The number of methoxy groups -OCH3 is 1. The number of primary amides is 1. The van der Waals surface area contributed by atoms with Crippen LogP contribution in [0.5, 0.6) is 5.75 Å². The van der Waals surface area contributed by atoms with Gasteiger partial charge in [0.25, 0.3) is 0 Å². The Balaban J connectivity index is 3.01. The number of carbonyl (C=O) groups excluding carboxylic acids is 1. The van der Waals surface area contributed by atoms with Crippen molar-refractivity contribution in [1.82, 2.24) is 0 Å². The molecule has 1 atom stereocenters. The number of nitriles is 1. The molecule has 0 saturated carbocycles. The van der Waals surface area contributed by atoms with Gasteiger partial charge in [0, 0.05) is 0 Å². The van der Waals surface area contributed by atoms with Gasteiger partial charge in [-0.3, -0.25) is 4.79 Å². The van der Waals surface area contributed by atoms with Crippen molar-refractivity contribution in [3.05, 3.63) is 23.8 Å². The summed E-state index contributed by atoms with van der Waals surface area (Å²) in [5.74, 6) is 0.0940. The first kappa shape index (κ1) is 11.9. The van der Waals surface area contributed by atoms with Gasteiger partial charge in [0.2, 0.25) is 5.91 Å². The molecule has 0 fully saturated rings. The molecule has 0 bridgehead atoms. The van der Waals surface area contributed by atoms with Crippen molar-refractivity contribution in [3.8, 4) is 11.8 Å². The fourth-order valence-corrected chi connectivity index (χ4v) is 1.19. The van der Waals surface area contributed by atoms with Crippen LogP contribution in [0.15, 0.2) is 18.2 Å². The minimum Gasteiger partial charge on any atom is -0.495 e. The lowest BCUT2D eigenvalue weighted by Crippen LogP contribution is -2.32. The van der Waals surface area contributed by atoms with E-state index in [1.807, 2.05) is 6.07 Å². The summed E-state index contributed by atoms with van der Waals surface area (Å²) >= 11 is 0. The van der Waals surface area contributed by atoms with Gasteiger partial charge in [-0.1, -0.05) is 0 Å². The van der Waals surface area contributed by atoms with Crippen LogP contribution >= 0.6 is 0 Å². The summed E-state index contributed by atoms with van der Waals surface area (Å²) in [6.07, 6.45) is 0. The number of ether oxygens (including phenoxy) is 1. The molecule has 3 N–H and O–H groups in total. The highest BCUT2D eigenvalue weighted by Gasteiger charge is 2.11. The van der Waals surface area contributed by atoms with Gasteiger partial charge in [-0.2, -0.15) is 5.26 Å². The number of nitrogens with zero attached hydrogens (tertiary/aromatic N) is 1. The second-order valence-corrected chi connectivity index (χ2v) is 3.30. The zero-order valence-corrected chi connectivity index (χ0v) is 9.15. The minimum absolute atomic E-state index is 0.468. The van der Waals surface area contributed by atoms with E-state index in [0.29, 0.717) is 17.0 Å². The van der Waals surface area contributed by atoms with E-state index in [2.05, 4.69) is 5.32 Å². The van der Waals surface area contributed by atoms with Gasteiger partial charge in [0.05, 0.1) is 24.4 Å². The van der Waals surface area contributed by atoms with Gasteiger partial charge in [-0.05, 0) is 25.1 Å². The van der Waals surface area contributed by atoms with Crippen LogP contribution in [-0.4, -0.2) is 19.1 Å². The third-order valence-electron chi connectivity index (χ3n) is 2.13. The maximum absolute atomic E-state index is 10.9. The molecular weight excluding hydrogens is 206 g/mol. The molecule has 1 aromatic carbocycles. The predicted octanol–water partition coefficient (Wildman–Crippen LogP) is 0.853. The molecule has 0 aliphatic heterocycles. The van der Waals surface area contributed by atoms with Crippen LogP contribution in [0, 0.1) is 11.3 Å². The summed E-state index contributed by atoms with van der Waals surface area (Å²) < 4.78 is 5.10. The molecular formula is C11H13N3O2. The number of benzene rings is 1. The van der Waals surface area contributed by atoms with Crippen LogP contribution in [0.1, 0.15) is 12.5 Å². The lowest BCUT2D eigenvalue weighted by Gasteiger charge is -2.14. The molecule has 0 aliphatic rings. The van der Waals surface area contributed by atoms with Crippen molar-refractivity contribution in [3.63, 3.8) is 0 Å². The SMILES string of the molecule is COc1ccc(C#N)cc1NC(C)C(N)=O. The van der Waals surface area contributed by atoms with Crippen LogP contribution in [0.2, 0.25) is 0 Å². The Morgan fingerprint density at radius 2 is 2.31 bits per heavy atom. The Morgan fingerprint density at radius 1 is 1.62 bits per heavy atom. The zero-order chi connectivity index (χ0) is 12.1. The summed E-state index contributed by atoms with van der Waals surface area (Å²) in [5.41, 5.74) is 6.20. The van der Waals surface area contributed by atoms with Crippen molar-refractivity contribution < 1.29 is 9.53 Å². The maximum Gasteiger partial charge on any atom is 0.239 e. The Bertz CT molecular complexity index is 437. The van der Waals surface area contributed by atoms with Crippen molar-refractivity contribution in [1.29, 1.82) is 5.26 Å². The Morgan fingerprint density at radius 3 is 2.81 bits per heavy atom. The predicted molar refractivity (Wildman–Crippen MR) is 60.0 cm³/mol. The molecule has 0 aliphatic carbocycles. The van der Waals surface area contributed by atoms with E-state index >= 15 is 0 Å². The standard InChI is InChI=1S/C11H13N3O2/c1-7(11(13)15)14-9-5-8(6-12)3-4-10(9)16-2/h3-5,7,14H,1-2H3,(H2,13,15). The minimum atomic E-state index is -0.525. The van der Waals surface area contributed by atoms with E-state index in [4.69, 9.17) is 15.7 Å². The van der Waals surface area contributed by atoms with E-state index in [-0.39, 0.29) is 0 Å². The first-order valence-electron chi connectivity index (χ1n) is 4.72. The second-order valence-electron chi connectivity index (χ2n) is 3.30. The first-order chi connectivity index (χ1) is 7.58. The number of anilines is 1. The van der Waals surface area contributed by atoms with Crippen molar-refractivity contribution >= 4 is 11.6 Å². The van der Waals surface area contributed by atoms with Crippen LogP contribution in [0.4, 0.5) is 5.69 Å². The number of nitrogens with two attached hydrogens (primary N) is 1. The van der Waals surface area contributed by atoms with Crippen molar-refractivity contribution in [2.75, 3.05) is 12.4 Å². The topological polar surface area (TPSA) is 88.1 Å². The fraction of sp³-hybridized carbons (Fsp3) is 0.273. The average Bonchev–Trinajstić information content (AvgIpc) is 2.28. The first-order valence-corrected chi connectivity index (χ1v) is 4.72. The molecule has 1 rings (SSSR count). The van der Waals surface area contributed by atoms with E-state index in [0.717, 1.165) is 0 Å². The van der Waals surface area contributed by atoms with Gasteiger partial charge in [-0.25, -0.2) is 0 Å². The summed E-state index contributed by atoms with van der Waals surface area (Å²) in [4.78, 5) is 10.9. The molecule has 0 radical (unpaired) electrons. The number of hydrogen-bond acceptors (Lipinski definition) is 4. The van der Waals surface area contributed by atoms with Gasteiger partial charge >= 0.3 is 0 Å². The molecule has 1 unspecified atom stereocenters. The summed E-state index contributed by atoms with van der Waals surface area (Å²) in [5, 5.41) is 11.6. The number of carbonyl (C=O) groups is 1. The van der Waals surface area contributed by atoms with Gasteiger partial charge in [-0.15, -0.1) is 0 Å². The molecule has 1 aromatic rings. The smallest absolute Gasteiger partial charge is 0.239 e. The summed E-state index contributed by atoms with van der Waals surface area (Å²) in [6.45, 7) is 1.64. The summed E-state index contributed by atoms with van der Waals surface area (Å²) in [7, 11) is 1.52. The fourth-order valence-electron chi connectivity index (χ4n) is 1.19. The molecule has 5 nitrogen and oxygen atoms in total. The maximum atomic E-state index is 10.9. The van der Waals surface area contributed by atoms with E-state index in [1.165, 1.54) is 7.11 Å². The highest BCUT2D eigenvalue weighted by molar-refractivity contribution is 5.83. The molecule has 84 valence electrons. The monoisotopic (exact) mass is 219 g/mol. The van der Waals surface area contributed by atoms with E-state index < -0.39 is 11.9 Å². The molecule has 16 heavy (non-hydrogen) atoms. The van der Waals surface area contributed by atoms with Crippen molar-refractivity contribution in [2.24, 2.45) is 5.73 Å². The third kappa shape index (κ3) is 2.64. The normalized spacial score (nSPS) is 11.3. The van der Waals surface area contributed by atoms with Gasteiger partial charge in [0.1, 0.15) is 11.8 Å². The van der Waals surface area contributed by atoms with Gasteiger partial charge in [0.15, 0.2) is 0 Å². The zero-order valence-electron chi connectivity index (χ0n) is 9.15. The average molecular weight is 219 g/mol. The molecule has 1 amide bonds. The Kier molecular flexibility index (Phi) is 3.72. The van der Waals surface area contributed by atoms with Crippen LogP contribution < -0.4 is 15.8 Å². The largest absolute Gasteiger partial charge is 0.495 e. The molecule has 0 saturated heterocycles. The number of nitrogens with one attached hydrogen (secondary N) is 1. The second kappa shape index (κ2) is 5.03. The van der Waals surface area contributed by atoms with Crippen LogP contribution in [-0.2, 0) is 4.79 Å². The Hall–Kier alpha value is -2.22.